The van der Waals surface area contributed by atoms with Gasteiger partial charge in [0.15, 0.2) is 0 Å². The molecule has 2 aliphatic rings. The molecule has 2 fully saturated rings. The number of H-pyrrole nitrogens is 1. The molecule has 4 rings (SSSR count). The average Bonchev–Trinajstić information content (AvgIpc) is 3.06. The minimum absolute atomic E-state index is 0.599. The number of anilines is 1. The van der Waals surface area contributed by atoms with Gasteiger partial charge in [0.1, 0.15) is 0 Å². The fraction of sp³-hybridized carbons (Fsp3) is 0.500. The molecule has 2 atom stereocenters. The second kappa shape index (κ2) is 3.99. The first kappa shape index (κ1) is 10.4. The summed E-state index contributed by atoms with van der Waals surface area (Å²) in [6.07, 6.45) is 5.85. The van der Waals surface area contributed by atoms with E-state index >= 15 is 0 Å². The van der Waals surface area contributed by atoms with Gasteiger partial charge in [-0.3, -0.25) is 10.00 Å². The van der Waals surface area contributed by atoms with E-state index in [0.717, 1.165) is 11.6 Å². The summed E-state index contributed by atoms with van der Waals surface area (Å²) in [5.74, 6) is 0. The lowest BCUT2D eigenvalue weighted by Crippen LogP contribution is -2.33. The summed E-state index contributed by atoms with van der Waals surface area (Å²) >= 11 is 0. The van der Waals surface area contributed by atoms with Gasteiger partial charge < -0.3 is 5.32 Å². The van der Waals surface area contributed by atoms with Crippen molar-refractivity contribution in [2.45, 2.75) is 31.3 Å². The van der Waals surface area contributed by atoms with Gasteiger partial charge in [0.05, 0.1) is 17.4 Å². The largest absolute Gasteiger partial charge is 0.379 e. The number of aromatic amines is 1. The Morgan fingerprint density at radius 1 is 1.28 bits per heavy atom. The Hall–Kier alpha value is -1.55. The Balaban J connectivity index is 1.62. The van der Waals surface area contributed by atoms with E-state index in [4.69, 9.17) is 0 Å². The van der Waals surface area contributed by atoms with Gasteiger partial charge in [-0.25, -0.2) is 0 Å². The molecule has 2 aliphatic heterocycles. The van der Waals surface area contributed by atoms with E-state index in [1.807, 2.05) is 6.20 Å². The van der Waals surface area contributed by atoms with Crippen molar-refractivity contribution in [2.24, 2.45) is 0 Å². The van der Waals surface area contributed by atoms with Crippen molar-refractivity contribution < 1.29 is 0 Å². The SMILES string of the molecule is c1cc(NC2CCN3CCCC23)c2[nH]ncc2c1. The van der Waals surface area contributed by atoms with Crippen LogP contribution in [0.4, 0.5) is 5.69 Å². The van der Waals surface area contributed by atoms with Gasteiger partial charge in [-0.15, -0.1) is 0 Å². The highest BCUT2D eigenvalue weighted by Gasteiger charge is 2.37. The third kappa shape index (κ3) is 1.52. The van der Waals surface area contributed by atoms with Gasteiger partial charge in [0, 0.05) is 24.0 Å². The molecule has 1 aromatic heterocycles. The molecular weight excluding hydrogens is 224 g/mol. The predicted octanol–water partition coefficient (Wildman–Crippen LogP) is 2.21. The molecule has 0 spiro atoms. The highest BCUT2D eigenvalue weighted by molar-refractivity contribution is 5.90. The van der Waals surface area contributed by atoms with E-state index in [0.29, 0.717) is 6.04 Å². The fourth-order valence-corrected chi connectivity index (χ4v) is 3.54. The van der Waals surface area contributed by atoms with E-state index in [1.54, 1.807) is 0 Å². The summed E-state index contributed by atoms with van der Waals surface area (Å²) in [6, 6.07) is 7.69. The van der Waals surface area contributed by atoms with Crippen LogP contribution in [-0.2, 0) is 0 Å². The van der Waals surface area contributed by atoms with Crippen LogP contribution in [0.25, 0.3) is 10.9 Å². The number of rotatable bonds is 2. The molecule has 0 amide bonds. The van der Waals surface area contributed by atoms with Crippen LogP contribution in [0, 0.1) is 0 Å². The maximum absolute atomic E-state index is 4.13. The number of aromatic nitrogens is 2. The lowest BCUT2D eigenvalue weighted by molar-refractivity contribution is 0.318. The first-order chi connectivity index (χ1) is 8.92. The highest BCUT2D eigenvalue weighted by atomic mass is 15.2. The van der Waals surface area contributed by atoms with Crippen molar-refractivity contribution in [3.63, 3.8) is 0 Å². The van der Waals surface area contributed by atoms with Gasteiger partial charge in [-0.1, -0.05) is 12.1 Å². The zero-order chi connectivity index (χ0) is 11.9. The Kier molecular flexibility index (Phi) is 2.30. The van der Waals surface area contributed by atoms with Crippen LogP contribution in [0.5, 0.6) is 0 Å². The van der Waals surface area contributed by atoms with Gasteiger partial charge in [0.2, 0.25) is 0 Å². The number of hydrogen-bond acceptors (Lipinski definition) is 3. The van der Waals surface area contributed by atoms with Gasteiger partial charge in [-0.05, 0) is 31.9 Å². The Bertz CT molecular complexity index is 562. The van der Waals surface area contributed by atoms with Crippen LogP contribution in [-0.4, -0.2) is 40.3 Å². The van der Waals surface area contributed by atoms with Gasteiger partial charge in [0.25, 0.3) is 0 Å². The monoisotopic (exact) mass is 242 g/mol. The number of benzene rings is 1. The second-order valence-corrected chi connectivity index (χ2v) is 5.42. The van der Waals surface area contributed by atoms with E-state index in [2.05, 4.69) is 38.6 Å². The van der Waals surface area contributed by atoms with E-state index in [1.165, 1.54) is 43.4 Å². The molecule has 2 N–H and O–H groups in total. The van der Waals surface area contributed by atoms with Crippen LogP contribution in [0.2, 0.25) is 0 Å². The van der Waals surface area contributed by atoms with Crippen molar-refractivity contribution in [3.8, 4) is 0 Å². The smallest absolute Gasteiger partial charge is 0.0881 e. The first-order valence-corrected chi connectivity index (χ1v) is 6.84. The summed E-state index contributed by atoms with van der Waals surface area (Å²) in [6.45, 7) is 2.54. The molecule has 4 nitrogen and oxygen atoms in total. The molecule has 1 aromatic carbocycles. The van der Waals surface area contributed by atoms with Crippen molar-refractivity contribution in [3.05, 3.63) is 24.4 Å². The third-order valence-corrected chi connectivity index (χ3v) is 4.42. The highest BCUT2D eigenvalue weighted by Crippen LogP contribution is 2.31. The maximum atomic E-state index is 4.13. The number of nitrogens with one attached hydrogen (secondary N) is 2. The molecular formula is C14H18N4. The summed E-state index contributed by atoms with van der Waals surface area (Å²) in [5.41, 5.74) is 2.33. The molecule has 2 aromatic rings. The van der Waals surface area contributed by atoms with E-state index < -0.39 is 0 Å². The quantitative estimate of drug-likeness (QED) is 0.848. The number of hydrogen-bond donors (Lipinski definition) is 2. The zero-order valence-corrected chi connectivity index (χ0v) is 10.4. The molecule has 2 saturated heterocycles. The summed E-state index contributed by atoms with van der Waals surface area (Å²) in [4.78, 5) is 2.63. The molecule has 4 heteroatoms. The van der Waals surface area contributed by atoms with Crippen LogP contribution < -0.4 is 5.32 Å². The lowest BCUT2D eigenvalue weighted by atomic mass is 10.1. The Morgan fingerprint density at radius 3 is 3.28 bits per heavy atom. The van der Waals surface area contributed by atoms with Crippen LogP contribution in [0.15, 0.2) is 24.4 Å². The minimum atomic E-state index is 0.599. The molecule has 0 saturated carbocycles. The van der Waals surface area contributed by atoms with Crippen LogP contribution >= 0.6 is 0 Å². The predicted molar refractivity (Wildman–Crippen MR) is 72.7 cm³/mol. The standard InChI is InChI=1S/C14H18N4/c1-3-10-9-15-17-14(10)12(4-1)16-11-6-8-18-7-2-5-13(11)18/h1,3-4,9,11,13,16H,2,5-8H2,(H,15,17). The number of para-hydroxylation sites is 1. The minimum Gasteiger partial charge on any atom is -0.379 e. The zero-order valence-electron chi connectivity index (χ0n) is 10.4. The molecule has 0 bridgehead atoms. The van der Waals surface area contributed by atoms with Crippen molar-refractivity contribution in [1.29, 1.82) is 0 Å². The van der Waals surface area contributed by atoms with Gasteiger partial charge >= 0.3 is 0 Å². The van der Waals surface area contributed by atoms with Crippen molar-refractivity contribution >= 4 is 16.6 Å². The second-order valence-electron chi connectivity index (χ2n) is 5.42. The summed E-state index contributed by atoms with van der Waals surface area (Å²) in [7, 11) is 0. The third-order valence-electron chi connectivity index (χ3n) is 4.42. The van der Waals surface area contributed by atoms with Crippen LogP contribution in [0.3, 0.4) is 0 Å². The average molecular weight is 242 g/mol. The maximum Gasteiger partial charge on any atom is 0.0881 e. The molecule has 94 valence electrons. The Morgan fingerprint density at radius 2 is 2.28 bits per heavy atom. The molecule has 0 radical (unpaired) electrons. The van der Waals surface area contributed by atoms with Crippen molar-refractivity contribution in [2.75, 3.05) is 18.4 Å². The molecule has 18 heavy (non-hydrogen) atoms. The molecule has 0 aliphatic carbocycles. The van der Waals surface area contributed by atoms with Crippen LogP contribution in [0.1, 0.15) is 19.3 Å². The van der Waals surface area contributed by atoms with E-state index in [-0.39, 0.29) is 0 Å². The topological polar surface area (TPSA) is 44.0 Å². The fourth-order valence-electron chi connectivity index (χ4n) is 3.54. The Labute approximate surface area is 106 Å². The number of nitrogens with zero attached hydrogens (tertiary/aromatic N) is 2. The first-order valence-electron chi connectivity index (χ1n) is 6.84. The molecule has 2 unspecified atom stereocenters. The summed E-state index contributed by atoms with van der Waals surface area (Å²) in [5, 5.41) is 12.1. The van der Waals surface area contributed by atoms with E-state index in [9.17, 15) is 0 Å². The molecule has 3 heterocycles. The van der Waals surface area contributed by atoms with Crippen molar-refractivity contribution in [1.82, 2.24) is 15.1 Å². The normalized spacial score (nSPS) is 27.8. The number of fused-ring (bicyclic) bond motifs is 2. The lowest BCUT2D eigenvalue weighted by Gasteiger charge is -2.22. The van der Waals surface area contributed by atoms with Gasteiger partial charge in [-0.2, -0.15) is 5.10 Å². The summed E-state index contributed by atoms with van der Waals surface area (Å²) < 4.78 is 0.